The Morgan fingerprint density at radius 1 is 0.510 bits per heavy atom. The minimum absolute atomic E-state index is 0.0476. The molecule has 4 heteroatoms. The lowest BCUT2D eigenvalue weighted by molar-refractivity contribution is 0.314. The zero-order chi connectivity index (χ0) is 35.8. The van der Waals surface area contributed by atoms with Crippen molar-refractivity contribution in [3.63, 3.8) is 0 Å². The Labute approximate surface area is 299 Å². The average Bonchev–Trinajstić information content (AvgIpc) is 3.56. The van der Waals surface area contributed by atoms with E-state index in [9.17, 15) is 0 Å². The highest BCUT2D eigenvalue weighted by Crippen LogP contribution is 2.65. The van der Waals surface area contributed by atoms with Crippen molar-refractivity contribution < 1.29 is 18.9 Å². The van der Waals surface area contributed by atoms with E-state index in [1.807, 2.05) is 24.3 Å². The molecule has 0 unspecified atom stereocenters. The molecule has 0 saturated heterocycles. The van der Waals surface area contributed by atoms with Crippen molar-refractivity contribution in [2.24, 2.45) is 0 Å². The number of fused-ring (bicyclic) bond motifs is 10. The SMILES string of the molecule is C#CC#CCOc1cc2c(cc1OCC#CC#C)C1(c3cc(C)ccc3-c3ccc(C)cc31)c1cc(OC#CC#CC)c(OC#CC#CC)cc1-2. The van der Waals surface area contributed by atoms with E-state index in [4.69, 9.17) is 31.8 Å². The maximum absolute atomic E-state index is 6.25. The number of terminal acetylenes is 2. The van der Waals surface area contributed by atoms with Crippen molar-refractivity contribution in [3.05, 3.63) is 94.0 Å². The minimum atomic E-state index is -0.787. The van der Waals surface area contributed by atoms with E-state index >= 15 is 0 Å². The molecule has 4 aromatic rings. The van der Waals surface area contributed by atoms with E-state index in [2.05, 4.69) is 134 Å². The van der Waals surface area contributed by atoms with Gasteiger partial charge in [0.1, 0.15) is 25.4 Å². The highest BCUT2D eigenvalue weighted by atomic mass is 16.5. The Bertz CT molecular complexity index is 2540. The largest absolute Gasteiger partial charge is 0.477 e. The lowest BCUT2D eigenvalue weighted by Gasteiger charge is -2.31. The third-order valence-electron chi connectivity index (χ3n) is 8.43. The first-order valence-electron chi connectivity index (χ1n) is 15.9. The number of aryl methyl sites for hydroxylation is 2. The number of rotatable bonds is 6. The van der Waals surface area contributed by atoms with Crippen molar-refractivity contribution in [2.75, 3.05) is 13.2 Å². The van der Waals surface area contributed by atoms with Gasteiger partial charge in [-0.25, -0.2) is 0 Å². The van der Waals surface area contributed by atoms with Crippen molar-refractivity contribution in [1.29, 1.82) is 0 Å². The van der Waals surface area contributed by atoms with Gasteiger partial charge in [-0.1, -0.05) is 59.4 Å². The van der Waals surface area contributed by atoms with Gasteiger partial charge >= 0.3 is 0 Å². The molecule has 0 heterocycles. The molecule has 0 fully saturated rings. The fourth-order valence-corrected chi connectivity index (χ4v) is 6.59. The predicted molar refractivity (Wildman–Crippen MR) is 200 cm³/mol. The van der Waals surface area contributed by atoms with Gasteiger partial charge in [0.25, 0.3) is 0 Å². The second kappa shape index (κ2) is 14.8. The Morgan fingerprint density at radius 3 is 1.43 bits per heavy atom. The molecule has 6 rings (SSSR count). The van der Waals surface area contributed by atoms with Crippen LogP contribution in [0.15, 0.2) is 60.7 Å². The Kier molecular flexibility index (Phi) is 9.69. The van der Waals surface area contributed by atoms with Gasteiger partial charge in [0, 0.05) is 11.8 Å². The molecule has 0 N–H and O–H groups in total. The van der Waals surface area contributed by atoms with Crippen LogP contribution in [-0.4, -0.2) is 13.2 Å². The first-order chi connectivity index (χ1) is 25.0. The predicted octanol–water partition coefficient (Wildman–Crippen LogP) is 7.40. The summed E-state index contributed by atoms with van der Waals surface area (Å²) in [4.78, 5) is 0. The van der Waals surface area contributed by atoms with Crippen LogP contribution in [0.2, 0.25) is 0 Å². The van der Waals surface area contributed by atoms with E-state index < -0.39 is 5.41 Å². The summed E-state index contributed by atoms with van der Waals surface area (Å²) in [5, 5.41) is 0. The maximum atomic E-state index is 6.25. The zero-order valence-corrected chi connectivity index (χ0v) is 28.5. The van der Waals surface area contributed by atoms with Gasteiger partial charge in [0.05, 0.1) is 5.41 Å². The number of ether oxygens (including phenoxy) is 4. The van der Waals surface area contributed by atoms with E-state index in [1.54, 1.807) is 13.8 Å². The molecule has 2 aliphatic carbocycles. The lowest BCUT2D eigenvalue weighted by atomic mass is 9.70. The summed E-state index contributed by atoms with van der Waals surface area (Å²) in [5.41, 5.74) is 9.68. The van der Waals surface area contributed by atoms with Crippen molar-refractivity contribution in [2.45, 2.75) is 33.1 Å². The molecular weight excluding hydrogens is 629 g/mol. The van der Waals surface area contributed by atoms with Crippen molar-refractivity contribution in [3.8, 4) is 141 Å². The Hall–Kier alpha value is -7.44. The van der Waals surface area contributed by atoms with Crippen molar-refractivity contribution >= 4 is 0 Å². The highest BCUT2D eigenvalue weighted by Gasteiger charge is 2.53. The van der Waals surface area contributed by atoms with Gasteiger partial charge in [-0.2, -0.15) is 0 Å². The van der Waals surface area contributed by atoms with E-state index in [-0.39, 0.29) is 13.2 Å². The summed E-state index contributed by atoms with van der Waals surface area (Å²) in [5.74, 6) is 33.6. The quantitative estimate of drug-likeness (QED) is 0.175. The van der Waals surface area contributed by atoms with Crippen LogP contribution < -0.4 is 18.9 Å². The summed E-state index contributed by atoms with van der Waals surface area (Å²) in [7, 11) is 0. The van der Waals surface area contributed by atoms with Crippen LogP contribution in [0.4, 0.5) is 0 Å². The summed E-state index contributed by atoms with van der Waals surface area (Å²) < 4.78 is 24.4. The monoisotopic (exact) mass is 656 g/mol. The van der Waals surface area contributed by atoms with Crippen LogP contribution >= 0.6 is 0 Å². The summed E-state index contributed by atoms with van der Waals surface area (Å²) >= 11 is 0. The molecule has 4 nitrogen and oxygen atoms in total. The summed E-state index contributed by atoms with van der Waals surface area (Å²) in [6, 6.07) is 21.0. The molecule has 0 aliphatic heterocycles. The van der Waals surface area contributed by atoms with Gasteiger partial charge in [0.15, 0.2) is 23.0 Å². The maximum Gasteiger partial charge on any atom is 0.184 e. The minimum Gasteiger partial charge on any atom is -0.477 e. The van der Waals surface area contributed by atoms with Crippen LogP contribution in [0.3, 0.4) is 0 Å². The third kappa shape index (κ3) is 6.17. The second-order valence-electron chi connectivity index (χ2n) is 11.4. The molecular formula is C47H28O4. The van der Waals surface area contributed by atoms with Gasteiger partial charge in [-0.3, -0.25) is 0 Å². The number of hydrogen-bond acceptors (Lipinski definition) is 4. The van der Waals surface area contributed by atoms with Crippen LogP contribution in [-0.2, 0) is 5.41 Å². The molecule has 0 atom stereocenters. The molecule has 0 radical (unpaired) electrons. The molecule has 51 heavy (non-hydrogen) atoms. The summed E-state index contributed by atoms with van der Waals surface area (Å²) in [6.07, 6.45) is 16.1. The molecule has 1 spiro atoms. The van der Waals surface area contributed by atoms with Crippen molar-refractivity contribution in [1.82, 2.24) is 0 Å². The molecule has 0 saturated carbocycles. The van der Waals surface area contributed by atoms with Gasteiger partial charge < -0.3 is 18.9 Å². The van der Waals surface area contributed by atoms with E-state index in [0.717, 1.165) is 55.6 Å². The molecule has 240 valence electrons. The van der Waals surface area contributed by atoms with Gasteiger partial charge in [-0.05, 0) is 144 Å². The smallest absolute Gasteiger partial charge is 0.184 e. The summed E-state index contributed by atoms with van der Waals surface area (Å²) in [6.45, 7) is 7.71. The van der Waals surface area contributed by atoms with Crippen LogP contribution in [0.25, 0.3) is 22.3 Å². The average molecular weight is 657 g/mol. The highest BCUT2D eigenvalue weighted by molar-refractivity contribution is 5.96. The lowest BCUT2D eigenvalue weighted by Crippen LogP contribution is -2.26. The fourth-order valence-electron chi connectivity index (χ4n) is 6.59. The second-order valence-corrected chi connectivity index (χ2v) is 11.4. The number of hydrogen-bond donors (Lipinski definition) is 0. The Balaban J connectivity index is 1.71. The molecule has 0 bridgehead atoms. The molecule has 0 aromatic heterocycles. The first kappa shape index (κ1) is 33.5. The number of benzene rings is 4. The normalized spacial score (nSPS) is 10.9. The topological polar surface area (TPSA) is 36.9 Å². The van der Waals surface area contributed by atoms with Crippen LogP contribution in [0.1, 0.15) is 47.2 Å². The van der Waals surface area contributed by atoms with E-state index in [0.29, 0.717) is 23.0 Å². The third-order valence-corrected chi connectivity index (χ3v) is 8.43. The zero-order valence-electron chi connectivity index (χ0n) is 28.5. The van der Waals surface area contributed by atoms with Gasteiger partial charge in [0.2, 0.25) is 0 Å². The molecule has 0 amide bonds. The fraction of sp³-hybridized carbons (Fsp3) is 0.149. The molecule has 2 aliphatic rings. The van der Waals surface area contributed by atoms with Gasteiger partial charge in [-0.15, -0.1) is 12.8 Å². The van der Waals surface area contributed by atoms with Crippen LogP contribution in [0, 0.1) is 110 Å². The van der Waals surface area contributed by atoms with Crippen LogP contribution in [0.5, 0.6) is 23.0 Å². The first-order valence-corrected chi connectivity index (χ1v) is 15.9. The molecule has 4 aromatic carbocycles. The van der Waals surface area contributed by atoms with E-state index in [1.165, 1.54) is 0 Å². The standard InChI is InChI=1S/C47H28O4/c1-7-11-15-23-48-43-29-37-38-30-44(49-24-16-12-8-2)46(51-26-18-14-10-4)32-42(38)47(41(37)31-45(43)50-25-17-13-9-3)39-27-33(5)19-21-35(39)36-22-20-34(6)28-40(36)47/h1,3,19-22,27-32H,23,25H2,2,4-6H3. The Morgan fingerprint density at radius 2 is 0.941 bits per heavy atom.